The monoisotopic (exact) mass is 443 g/mol. The maximum absolute atomic E-state index is 14.0. The van der Waals surface area contributed by atoms with E-state index in [0.29, 0.717) is 11.4 Å². The highest BCUT2D eigenvalue weighted by Gasteiger charge is 2.34. The molecule has 160 valence electrons. The van der Waals surface area contributed by atoms with Crippen LogP contribution in [0.25, 0.3) is 0 Å². The second-order valence-corrected chi connectivity index (χ2v) is 7.13. The van der Waals surface area contributed by atoms with Gasteiger partial charge in [-0.15, -0.1) is 0 Å². The van der Waals surface area contributed by atoms with Gasteiger partial charge in [0.05, 0.1) is 6.54 Å². The molecule has 0 spiro atoms. The highest BCUT2D eigenvalue weighted by Crippen LogP contribution is 2.28. The van der Waals surface area contributed by atoms with E-state index in [4.69, 9.17) is 11.6 Å². The summed E-state index contributed by atoms with van der Waals surface area (Å²) in [5.74, 6) is -0.652. The maximum Gasteiger partial charge on any atom is 0.435 e. The van der Waals surface area contributed by atoms with Crippen LogP contribution in [-0.4, -0.2) is 25.5 Å². The van der Waals surface area contributed by atoms with Gasteiger partial charge in [-0.25, -0.2) is 4.39 Å². The molecular formula is C19H18ClF4N5O. The molecule has 6 nitrogen and oxygen atoms in total. The van der Waals surface area contributed by atoms with Crippen molar-refractivity contribution in [2.45, 2.75) is 39.5 Å². The third kappa shape index (κ3) is 4.99. The van der Waals surface area contributed by atoms with E-state index in [9.17, 15) is 22.4 Å². The quantitative estimate of drug-likeness (QED) is 0.567. The average molecular weight is 444 g/mol. The van der Waals surface area contributed by atoms with E-state index in [0.717, 1.165) is 10.7 Å². The van der Waals surface area contributed by atoms with Crippen LogP contribution in [0.4, 0.5) is 23.4 Å². The first-order valence-electron chi connectivity index (χ1n) is 8.93. The Morgan fingerprint density at radius 3 is 2.47 bits per heavy atom. The summed E-state index contributed by atoms with van der Waals surface area (Å²) in [6.07, 6.45) is -4.63. The summed E-state index contributed by atoms with van der Waals surface area (Å²) in [6.45, 7) is 3.29. The van der Waals surface area contributed by atoms with Gasteiger partial charge < -0.3 is 5.32 Å². The van der Waals surface area contributed by atoms with Crippen LogP contribution in [0.15, 0.2) is 30.3 Å². The van der Waals surface area contributed by atoms with Crippen LogP contribution in [0.3, 0.4) is 0 Å². The lowest BCUT2D eigenvalue weighted by Crippen LogP contribution is -2.16. The highest BCUT2D eigenvalue weighted by atomic mass is 35.5. The van der Waals surface area contributed by atoms with Crippen molar-refractivity contribution < 1.29 is 22.4 Å². The number of carbonyl (C=O) groups is 1. The number of anilines is 1. The maximum atomic E-state index is 14.0. The minimum absolute atomic E-state index is 0.0156. The Kier molecular flexibility index (Phi) is 6.16. The predicted octanol–water partition coefficient (Wildman–Crippen LogP) is 4.58. The normalized spacial score (nSPS) is 11.7. The molecule has 1 N–H and O–H groups in total. The van der Waals surface area contributed by atoms with Crippen molar-refractivity contribution in [3.63, 3.8) is 0 Å². The molecule has 0 aliphatic carbocycles. The minimum atomic E-state index is -4.54. The summed E-state index contributed by atoms with van der Waals surface area (Å²) in [4.78, 5) is 12.2. The van der Waals surface area contributed by atoms with Gasteiger partial charge in [-0.1, -0.05) is 17.7 Å². The van der Waals surface area contributed by atoms with Crippen molar-refractivity contribution in [1.82, 2.24) is 19.6 Å². The molecule has 0 saturated carbocycles. The first-order chi connectivity index (χ1) is 14.0. The molecule has 3 rings (SSSR count). The van der Waals surface area contributed by atoms with Crippen LogP contribution >= 0.6 is 11.6 Å². The zero-order chi connectivity index (χ0) is 22.1. The third-order valence-electron chi connectivity index (χ3n) is 4.44. The smallest absolute Gasteiger partial charge is 0.309 e. The summed E-state index contributed by atoms with van der Waals surface area (Å²) in [6, 6.07) is 6.90. The van der Waals surface area contributed by atoms with E-state index in [1.165, 1.54) is 23.7 Å². The summed E-state index contributed by atoms with van der Waals surface area (Å²) in [5.41, 5.74) is 0.249. The van der Waals surface area contributed by atoms with Crippen molar-refractivity contribution in [2.24, 2.45) is 0 Å². The fraction of sp³-hybridized carbons (Fsp3) is 0.316. The fourth-order valence-electron chi connectivity index (χ4n) is 2.85. The third-order valence-corrected chi connectivity index (χ3v) is 4.79. The largest absolute Gasteiger partial charge is 0.435 e. The number of nitrogens with one attached hydrogen (secondary N) is 1. The number of halogens is 5. The van der Waals surface area contributed by atoms with Gasteiger partial charge in [-0.05, 0) is 32.0 Å². The molecule has 0 bridgehead atoms. The van der Waals surface area contributed by atoms with Crippen LogP contribution in [0.1, 0.15) is 29.1 Å². The summed E-state index contributed by atoms with van der Waals surface area (Å²) < 4.78 is 54.8. The molecule has 0 fully saturated rings. The van der Waals surface area contributed by atoms with Crippen molar-refractivity contribution in [2.75, 3.05) is 5.32 Å². The zero-order valence-corrected chi connectivity index (χ0v) is 16.9. The van der Waals surface area contributed by atoms with Crippen LogP contribution in [0, 0.1) is 19.7 Å². The number of benzene rings is 1. The molecule has 0 aliphatic heterocycles. The number of carbonyl (C=O) groups excluding carboxylic acids is 1. The first-order valence-corrected chi connectivity index (χ1v) is 9.31. The van der Waals surface area contributed by atoms with E-state index >= 15 is 0 Å². The molecule has 3 aromatic rings. The standard InChI is InChI=1S/C19H18ClF4N5O/c1-11-8-16(19(22,23)24)26-28(11)7-6-18(30)25-17-9-12(2)29(27-17)10-13-14(20)4-3-5-15(13)21/h3-5,8-9H,6-7,10H2,1-2H3,(H,25,27,30). The molecular weight excluding hydrogens is 426 g/mol. The van der Waals surface area contributed by atoms with Crippen LogP contribution in [0.5, 0.6) is 0 Å². The van der Waals surface area contributed by atoms with Gasteiger partial charge in [0.2, 0.25) is 5.91 Å². The molecule has 0 aliphatic rings. The zero-order valence-electron chi connectivity index (χ0n) is 16.1. The Balaban J connectivity index is 1.63. The lowest BCUT2D eigenvalue weighted by Gasteiger charge is -2.08. The number of nitrogens with zero attached hydrogens (tertiary/aromatic N) is 4. The lowest BCUT2D eigenvalue weighted by atomic mass is 10.2. The van der Waals surface area contributed by atoms with E-state index < -0.39 is 23.6 Å². The average Bonchev–Trinajstić information content (AvgIpc) is 3.18. The Hall–Kier alpha value is -2.88. The molecule has 0 unspecified atom stereocenters. The van der Waals surface area contributed by atoms with Gasteiger partial charge in [0.15, 0.2) is 11.5 Å². The second-order valence-electron chi connectivity index (χ2n) is 6.72. The molecule has 0 radical (unpaired) electrons. The molecule has 0 saturated heterocycles. The van der Waals surface area contributed by atoms with E-state index in [-0.39, 0.29) is 35.9 Å². The predicted molar refractivity (Wildman–Crippen MR) is 103 cm³/mol. The lowest BCUT2D eigenvalue weighted by molar-refractivity contribution is -0.141. The number of amides is 1. The minimum Gasteiger partial charge on any atom is -0.309 e. The van der Waals surface area contributed by atoms with Gasteiger partial charge in [0.1, 0.15) is 5.82 Å². The fourth-order valence-corrected chi connectivity index (χ4v) is 3.08. The molecule has 1 amide bonds. The molecule has 30 heavy (non-hydrogen) atoms. The molecule has 2 heterocycles. The summed E-state index contributed by atoms with van der Waals surface area (Å²) >= 11 is 6.04. The number of hydrogen-bond donors (Lipinski definition) is 1. The van der Waals surface area contributed by atoms with Gasteiger partial charge in [-0.2, -0.15) is 23.4 Å². The Morgan fingerprint density at radius 2 is 1.83 bits per heavy atom. The van der Waals surface area contributed by atoms with Gasteiger partial charge in [-0.3, -0.25) is 14.2 Å². The summed E-state index contributed by atoms with van der Waals surface area (Å²) in [5, 5.41) is 10.6. The SMILES string of the molecule is Cc1cc(NC(=O)CCn2nc(C(F)(F)F)cc2C)nn1Cc1c(F)cccc1Cl. The van der Waals surface area contributed by atoms with Crippen molar-refractivity contribution >= 4 is 23.3 Å². The summed E-state index contributed by atoms with van der Waals surface area (Å²) in [7, 11) is 0. The van der Waals surface area contributed by atoms with Gasteiger partial charge >= 0.3 is 6.18 Å². The number of rotatable bonds is 6. The molecule has 1 aromatic carbocycles. The van der Waals surface area contributed by atoms with Gasteiger partial charge in [0.25, 0.3) is 0 Å². The highest BCUT2D eigenvalue weighted by molar-refractivity contribution is 6.31. The topological polar surface area (TPSA) is 64.7 Å². The molecule has 2 aromatic heterocycles. The van der Waals surface area contributed by atoms with Gasteiger partial charge in [0, 0.05) is 41.0 Å². The molecule has 11 heteroatoms. The first kappa shape index (κ1) is 21.8. The number of alkyl halides is 3. The Morgan fingerprint density at radius 1 is 1.13 bits per heavy atom. The van der Waals surface area contributed by atoms with Crippen LogP contribution in [0.2, 0.25) is 5.02 Å². The van der Waals surface area contributed by atoms with E-state index in [2.05, 4.69) is 15.5 Å². The van der Waals surface area contributed by atoms with Crippen molar-refractivity contribution in [3.8, 4) is 0 Å². The van der Waals surface area contributed by atoms with Crippen LogP contribution in [-0.2, 0) is 24.1 Å². The van der Waals surface area contributed by atoms with Crippen LogP contribution < -0.4 is 5.32 Å². The number of hydrogen-bond acceptors (Lipinski definition) is 3. The molecule has 0 atom stereocenters. The van der Waals surface area contributed by atoms with Crippen molar-refractivity contribution in [3.05, 3.63) is 63.8 Å². The second kappa shape index (κ2) is 8.47. The Labute approximate surface area is 174 Å². The number of aryl methyl sites for hydroxylation is 3. The van der Waals surface area contributed by atoms with Crippen molar-refractivity contribution in [1.29, 1.82) is 0 Å². The van der Waals surface area contributed by atoms with E-state index in [1.54, 1.807) is 19.1 Å². The van der Waals surface area contributed by atoms with E-state index in [1.807, 2.05) is 0 Å². The Bertz CT molecular complexity index is 1050. The number of aromatic nitrogens is 4.